The lowest BCUT2D eigenvalue weighted by Crippen LogP contribution is -2.61. The van der Waals surface area contributed by atoms with Crippen LogP contribution in [0.2, 0.25) is 0 Å². The molecule has 0 aromatic heterocycles. The van der Waals surface area contributed by atoms with Crippen LogP contribution in [-0.2, 0) is 70.0 Å². The minimum absolute atomic E-state index is 0.183. The van der Waals surface area contributed by atoms with Gasteiger partial charge in [0, 0.05) is 85.1 Å². The van der Waals surface area contributed by atoms with Crippen molar-refractivity contribution < 1.29 is 91.9 Å². The van der Waals surface area contributed by atoms with Crippen molar-refractivity contribution in [3.05, 3.63) is 96.1 Å². The zero-order chi connectivity index (χ0) is 95.1. The van der Waals surface area contributed by atoms with Crippen LogP contribution in [0.4, 0.5) is 19.2 Å². The Kier molecular flexibility index (Phi) is 49.6. The lowest BCUT2D eigenvalue weighted by Gasteiger charge is -2.50. The first-order chi connectivity index (χ1) is 58.1. The van der Waals surface area contributed by atoms with Crippen molar-refractivity contribution in [3.63, 3.8) is 0 Å². The molecule has 0 saturated carbocycles. The molecule has 4 aliphatic rings. The molecule has 2 aromatic rings. The second kappa shape index (κ2) is 54.6. The first-order valence-electron chi connectivity index (χ1n) is 45.1. The number of alkyl carbamates (subject to hydrolysis) is 4. The third-order valence-electron chi connectivity index (χ3n) is 20.4. The summed E-state index contributed by atoms with van der Waals surface area (Å²) in [5.41, 5.74) is -1.75. The standard InChI is InChI=1S/2C44H71N5O9.C3H7I.C3H8.CH4O/c2*1-29(2)25-33(46-41(54)58-42(5,6)7)22-21-32(26-31-17-13-12-14-18-31)38(51)48-24-16-20-36(48)37(50)47-35(39(52)56-30(3)4)19-15-23-45-40(53)57-34-27-43(8,9)49(55)44(10,11)28-34;1-3(2)4;1-3-2;1-2/h2*12-14,17-18,21-22,29-30,32-36,55H,15-16,19-20,23-28H2,1-11H3,(H,45,53)(H,46,54)(H,47,50);3H,1-2H3;3H2,1-2H3;2H,1H3/b2*22-21+;;;/t2*32-,33-,35+,36+;;;/m11.../s1. The second-order valence-electron chi connectivity index (χ2n) is 39.2. The van der Waals surface area contributed by atoms with E-state index in [0.29, 0.717) is 103 Å². The number of hydroxylamine groups is 4. The van der Waals surface area contributed by atoms with Gasteiger partial charge in [0.25, 0.3) is 0 Å². The number of alkyl halides is 1. The fourth-order valence-corrected chi connectivity index (χ4v) is 15.7. The van der Waals surface area contributed by atoms with Gasteiger partial charge in [0.05, 0.1) is 36.1 Å². The van der Waals surface area contributed by atoms with Gasteiger partial charge < -0.3 is 85.6 Å². The van der Waals surface area contributed by atoms with Crippen molar-refractivity contribution in [3.8, 4) is 0 Å². The van der Waals surface area contributed by atoms with Crippen LogP contribution >= 0.6 is 22.6 Å². The molecule has 9 N–H and O–H groups in total. The topological polar surface area (TPSA) is 372 Å². The number of carbonyl (C=O) groups excluding carboxylic acids is 10. The molecule has 4 aliphatic heterocycles. The predicted octanol–water partition coefficient (Wildman–Crippen LogP) is 16.2. The number of piperidine rings is 2. The fraction of sp³-hybridized carbons (Fsp3) is 0.726. The highest BCUT2D eigenvalue weighted by Crippen LogP contribution is 2.40. The molecule has 0 aliphatic carbocycles. The molecule has 4 heterocycles. The summed E-state index contributed by atoms with van der Waals surface area (Å²) in [5, 5.41) is 47.9. The lowest BCUT2D eigenvalue weighted by molar-refractivity contribution is -0.256. The summed E-state index contributed by atoms with van der Waals surface area (Å²) in [6.45, 7) is 50.8. The fourth-order valence-electron chi connectivity index (χ4n) is 15.7. The molecule has 6 rings (SSSR count). The Hall–Kier alpha value is -7.65. The van der Waals surface area contributed by atoms with E-state index < -0.39 is 142 Å². The number of esters is 2. The molecule has 125 heavy (non-hydrogen) atoms. The molecule has 0 unspecified atom stereocenters. The van der Waals surface area contributed by atoms with E-state index in [0.717, 1.165) is 22.2 Å². The largest absolute Gasteiger partial charge is 0.461 e. The molecular weight excluding hydrogens is 1710 g/mol. The molecule has 29 nitrogen and oxygen atoms in total. The highest BCUT2D eigenvalue weighted by molar-refractivity contribution is 14.1. The lowest BCUT2D eigenvalue weighted by atomic mass is 9.80. The molecular formula is C95H161IN10O19. The van der Waals surface area contributed by atoms with E-state index in [2.05, 4.69) is 110 Å². The summed E-state index contributed by atoms with van der Waals surface area (Å²) in [7, 11) is 1.00. The molecule has 8 atom stereocenters. The van der Waals surface area contributed by atoms with Gasteiger partial charge in [0.15, 0.2) is 0 Å². The summed E-state index contributed by atoms with van der Waals surface area (Å²) >= 11 is 2.34. The van der Waals surface area contributed by atoms with Crippen LogP contribution < -0.4 is 31.9 Å². The molecule has 0 bridgehead atoms. The number of carbonyl (C=O) groups is 10. The van der Waals surface area contributed by atoms with Crippen LogP contribution in [0, 0.1) is 23.7 Å². The van der Waals surface area contributed by atoms with Gasteiger partial charge in [-0.1, -0.05) is 169 Å². The SMILES string of the molecule is CC(C)C[C@@H](/C=C/[C@H](Cc1ccccc1)C(=O)N1CCC[C@H]1C(=O)N[C@@H](CCCNC(=O)OC1CC(C)(C)N(O)C(C)(C)C1)C(=O)OC(C)C)NC(=O)OC(C)(C)C.CC(C)C[C@@H](/C=C/[C@H](Cc1ccccc1)C(=O)N1CCC[C@H]1C(=O)N[C@@H](CCCNC(=O)OC1CC(C)(C)N(O)C(C)(C)C1)C(=O)OC(C)C)NC(=O)OC(C)(C)C.CC(C)I.CCC.CO. The first-order valence-corrected chi connectivity index (χ1v) is 46.4. The molecule has 4 saturated heterocycles. The maximum atomic E-state index is 14.4. The number of likely N-dealkylation sites (tertiary alicyclic amines) is 2. The number of ether oxygens (including phenoxy) is 6. The number of nitrogens with zero attached hydrogens (tertiary/aromatic N) is 4. The number of benzene rings is 2. The first kappa shape index (κ1) is 113. The van der Waals surface area contributed by atoms with Crippen LogP contribution in [0.3, 0.4) is 0 Å². The maximum Gasteiger partial charge on any atom is 0.408 e. The number of nitrogens with one attached hydrogen (secondary N) is 6. The van der Waals surface area contributed by atoms with Crippen LogP contribution in [-0.4, -0.2) is 227 Å². The number of amides is 8. The number of rotatable bonds is 34. The van der Waals surface area contributed by atoms with Gasteiger partial charge in [-0.15, -0.1) is 0 Å². The quantitative estimate of drug-likeness (QED) is 0.00785. The van der Waals surface area contributed by atoms with Crippen molar-refractivity contribution in [2.24, 2.45) is 23.7 Å². The van der Waals surface area contributed by atoms with Gasteiger partial charge >= 0.3 is 36.3 Å². The highest BCUT2D eigenvalue weighted by atomic mass is 127. The molecule has 2 aromatic carbocycles. The van der Waals surface area contributed by atoms with Gasteiger partial charge in [0.1, 0.15) is 47.6 Å². The third-order valence-corrected chi connectivity index (χ3v) is 20.4. The zero-order valence-electron chi connectivity index (χ0n) is 80.6. The normalized spacial score (nSPS) is 19.1. The van der Waals surface area contributed by atoms with Crippen molar-refractivity contribution in [1.29, 1.82) is 0 Å². The number of halogens is 1. The smallest absolute Gasteiger partial charge is 0.408 e. The van der Waals surface area contributed by atoms with E-state index in [4.69, 9.17) is 33.5 Å². The number of hydrogen-bond donors (Lipinski definition) is 9. The molecule has 8 amide bonds. The van der Waals surface area contributed by atoms with E-state index >= 15 is 0 Å². The Morgan fingerprint density at radius 1 is 0.480 bits per heavy atom. The minimum Gasteiger partial charge on any atom is -0.461 e. The van der Waals surface area contributed by atoms with Crippen LogP contribution in [0.5, 0.6) is 0 Å². The molecule has 712 valence electrons. The Labute approximate surface area is 762 Å². The average Bonchev–Trinajstić information content (AvgIpc) is 1.58. The van der Waals surface area contributed by atoms with E-state index in [1.807, 2.05) is 140 Å². The minimum atomic E-state index is -1.00. The molecule has 0 spiro atoms. The summed E-state index contributed by atoms with van der Waals surface area (Å²) in [6, 6.07) is 14.9. The zero-order valence-corrected chi connectivity index (χ0v) is 82.8. The summed E-state index contributed by atoms with van der Waals surface area (Å²) in [4.78, 5) is 137. The number of aliphatic hydroxyl groups is 1. The van der Waals surface area contributed by atoms with Crippen LogP contribution in [0.25, 0.3) is 0 Å². The summed E-state index contributed by atoms with van der Waals surface area (Å²) < 4.78 is 34.2. The van der Waals surface area contributed by atoms with Crippen LogP contribution in [0.1, 0.15) is 287 Å². The monoisotopic (exact) mass is 1870 g/mol. The van der Waals surface area contributed by atoms with E-state index in [1.165, 1.54) is 16.5 Å². The second-order valence-corrected chi connectivity index (χ2v) is 41.7. The van der Waals surface area contributed by atoms with Crippen molar-refractivity contribution in [1.82, 2.24) is 51.8 Å². The highest BCUT2D eigenvalue weighted by Gasteiger charge is 2.49. The molecule has 0 radical (unpaired) electrons. The molecule has 30 heteroatoms. The van der Waals surface area contributed by atoms with E-state index in [9.17, 15) is 58.4 Å². The third kappa shape index (κ3) is 43.8. The molecule has 4 fully saturated rings. The van der Waals surface area contributed by atoms with Crippen molar-refractivity contribution in [2.75, 3.05) is 33.3 Å². The summed E-state index contributed by atoms with van der Waals surface area (Å²) in [5.74, 6) is -3.31. The van der Waals surface area contributed by atoms with Gasteiger partial charge in [-0.3, -0.25) is 19.2 Å². The van der Waals surface area contributed by atoms with E-state index in [1.54, 1.807) is 79.0 Å². The number of hydrogen-bond acceptors (Lipinski definition) is 21. The average molecular weight is 1870 g/mol. The van der Waals surface area contributed by atoms with Gasteiger partial charge in [-0.05, 0) is 225 Å². The number of aliphatic hydroxyl groups excluding tert-OH is 1. The van der Waals surface area contributed by atoms with Gasteiger partial charge in [0.2, 0.25) is 23.6 Å². The van der Waals surface area contributed by atoms with Crippen LogP contribution in [0.15, 0.2) is 85.0 Å². The Morgan fingerprint density at radius 2 is 0.776 bits per heavy atom. The van der Waals surface area contributed by atoms with Gasteiger partial charge in [-0.2, -0.15) is 10.1 Å². The Balaban J connectivity index is 0.000000773. The Bertz CT molecular complexity index is 3390. The Morgan fingerprint density at radius 3 is 1.05 bits per heavy atom. The van der Waals surface area contributed by atoms with E-state index in [-0.39, 0.29) is 61.7 Å². The van der Waals surface area contributed by atoms with Gasteiger partial charge in [-0.25, -0.2) is 28.8 Å². The van der Waals surface area contributed by atoms with Crippen molar-refractivity contribution in [2.45, 2.75) is 387 Å². The maximum absolute atomic E-state index is 14.4. The van der Waals surface area contributed by atoms with Crippen molar-refractivity contribution >= 4 is 82.5 Å². The predicted molar refractivity (Wildman–Crippen MR) is 497 cm³/mol. The summed E-state index contributed by atoms with van der Waals surface area (Å²) in [6.07, 6.45) is 11.7.